The van der Waals surface area contributed by atoms with Crippen molar-refractivity contribution < 1.29 is 4.79 Å². The molecule has 3 rings (SSSR count). The van der Waals surface area contributed by atoms with Gasteiger partial charge in [-0.3, -0.25) is 9.59 Å². The Morgan fingerprint density at radius 1 is 1.41 bits per heavy atom. The zero-order chi connectivity index (χ0) is 15.5. The van der Waals surface area contributed by atoms with Crippen LogP contribution in [0.15, 0.2) is 35.3 Å². The fourth-order valence-corrected chi connectivity index (χ4v) is 2.73. The third kappa shape index (κ3) is 2.89. The highest BCUT2D eigenvalue weighted by molar-refractivity contribution is 5.80. The van der Waals surface area contributed by atoms with E-state index < -0.39 is 0 Å². The van der Waals surface area contributed by atoms with Crippen LogP contribution in [-0.2, 0) is 11.3 Å². The maximum atomic E-state index is 12.5. The Morgan fingerprint density at radius 3 is 2.86 bits per heavy atom. The minimum atomic E-state index is -0.102. The van der Waals surface area contributed by atoms with Gasteiger partial charge in [0.1, 0.15) is 0 Å². The maximum absolute atomic E-state index is 12.5. The molecule has 1 atom stereocenters. The smallest absolute Gasteiger partial charge is 0.274 e. The zero-order valence-corrected chi connectivity index (χ0v) is 12.8. The number of rotatable bonds is 5. The fraction of sp³-hybridized carbons (Fsp3) is 0.471. The number of benzene rings is 1. The lowest BCUT2D eigenvalue weighted by atomic mass is 9.84. The van der Waals surface area contributed by atoms with Crippen molar-refractivity contribution in [1.29, 1.82) is 0 Å². The van der Waals surface area contributed by atoms with E-state index in [2.05, 4.69) is 10.4 Å². The lowest BCUT2D eigenvalue weighted by Gasteiger charge is -2.27. The molecule has 0 unspecified atom stereocenters. The van der Waals surface area contributed by atoms with E-state index in [1.807, 2.05) is 31.2 Å². The predicted octanol–water partition coefficient (Wildman–Crippen LogP) is 2.09. The van der Waals surface area contributed by atoms with Crippen LogP contribution in [0.5, 0.6) is 0 Å². The lowest BCUT2D eigenvalue weighted by Crippen LogP contribution is -2.44. The zero-order valence-electron chi connectivity index (χ0n) is 12.8. The van der Waals surface area contributed by atoms with Gasteiger partial charge in [0.05, 0.1) is 18.1 Å². The molecule has 22 heavy (non-hydrogen) atoms. The Labute approximate surface area is 129 Å². The molecule has 5 nitrogen and oxygen atoms in total. The molecule has 1 saturated carbocycles. The van der Waals surface area contributed by atoms with Gasteiger partial charge in [0, 0.05) is 17.3 Å². The summed E-state index contributed by atoms with van der Waals surface area (Å²) in [6.45, 7) is 2.43. The SMILES string of the molecule is CC[C@H](Cn1ncc2ccccc2c1=O)NC(=O)C1CCC1. The first-order valence-corrected chi connectivity index (χ1v) is 7.94. The Hall–Kier alpha value is -2.17. The molecule has 0 aliphatic heterocycles. The molecule has 1 amide bonds. The van der Waals surface area contributed by atoms with E-state index >= 15 is 0 Å². The van der Waals surface area contributed by atoms with Gasteiger partial charge < -0.3 is 5.32 Å². The normalized spacial score (nSPS) is 16.2. The third-order valence-corrected chi connectivity index (χ3v) is 4.47. The number of hydrogen-bond donors (Lipinski definition) is 1. The molecule has 1 fully saturated rings. The first-order chi connectivity index (χ1) is 10.7. The van der Waals surface area contributed by atoms with Crippen LogP contribution in [0.1, 0.15) is 32.6 Å². The van der Waals surface area contributed by atoms with Gasteiger partial charge in [-0.05, 0) is 25.3 Å². The highest BCUT2D eigenvalue weighted by Gasteiger charge is 2.26. The van der Waals surface area contributed by atoms with Crippen molar-refractivity contribution in [2.75, 3.05) is 0 Å². The molecule has 1 heterocycles. The minimum absolute atomic E-state index is 0.0561. The molecule has 1 N–H and O–H groups in total. The molecule has 116 valence electrons. The summed E-state index contributed by atoms with van der Waals surface area (Å²) in [5.74, 6) is 0.280. The second-order valence-corrected chi connectivity index (χ2v) is 5.96. The van der Waals surface area contributed by atoms with Gasteiger partial charge in [0.25, 0.3) is 5.56 Å². The van der Waals surface area contributed by atoms with E-state index in [0.29, 0.717) is 11.9 Å². The van der Waals surface area contributed by atoms with Gasteiger partial charge in [-0.15, -0.1) is 0 Å². The highest BCUT2D eigenvalue weighted by atomic mass is 16.2. The second-order valence-electron chi connectivity index (χ2n) is 5.96. The predicted molar refractivity (Wildman–Crippen MR) is 85.6 cm³/mol. The Morgan fingerprint density at radius 2 is 2.18 bits per heavy atom. The summed E-state index contributed by atoms with van der Waals surface area (Å²) >= 11 is 0. The fourth-order valence-electron chi connectivity index (χ4n) is 2.73. The van der Waals surface area contributed by atoms with E-state index in [9.17, 15) is 9.59 Å². The summed E-state index contributed by atoms with van der Waals surface area (Å²) in [5, 5.41) is 8.79. The largest absolute Gasteiger partial charge is 0.351 e. The molecule has 1 aliphatic rings. The van der Waals surface area contributed by atoms with Gasteiger partial charge in [0.15, 0.2) is 0 Å². The molecule has 0 radical (unpaired) electrons. The van der Waals surface area contributed by atoms with Gasteiger partial charge in [-0.2, -0.15) is 5.10 Å². The lowest BCUT2D eigenvalue weighted by molar-refractivity contribution is -0.128. The van der Waals surface area contributed by atoms with Gasteiger partial charge in [-0.25, -0.2) is 4.68 Å². The number of nitrogens with one attached hydrogen (secondary N) is 1. The molecule has 0 bridgehead atoms. The Kier molecular flexibility index (Phi) is 4.22. The van der Waals surface area contributed by atoms with E-state index in [1.165, 1.54) is 4.68 Å². The summed E-state index contributed by atoms with van der Waals surface area (Å²) in [6.07, 6.45) is 5.59. The number of carbonyl (C=O) groups excluding carboxylic acids is 1. The summed E-state index contributed by atoms with van der Waals surface area (Å²) in [4.78, 5) is 24.5. The summed E-state index contributed by atoms with van der Waals surface area (Å²) in [7, 11) is 0. The molecule has 0 saturated heterocycles. The average Bonchev–Trinajstić information content (AvgIpc) is 2.47. The number of nitrogens with zero attached hydrogens (tertiary/aromatic N) is 2. The standard InChI is InChI=1S/C17H21N3O2/c1-2-14(19-16(21)12-7-5-8-12)11-20-17(22)15-9-4-3-6-13(15)10-18-20/h3-4,6,9-10,12,14H,2,5,7-8,11H2,1H3,(H,19,21)/t14-/m1/s1. The van der Waals surface area contributed by atoms with E-state index in [1.54, 1.807) is 6.20 Å². The van der Waals surface area contributed by atoms with Crippen molar-refractivity contribution in [1.82, 2.24) is 15.1 Å². The van der Waals surface area contributed by atoms with Crippen LogP contribution in [0.4, 0.5) is 0 Å². The quantitative estimate of drug-likeness (QED) is 0.919. The maximum Gasteiger partial charge on any atom is 0.274 e. The number of amides is 1. The molecular weight excluding hydrogens is 278 g/mol. The van der Waals surface area contributed by atoms with Crippen LogP contribution in [0, 0.1) is 5.92 Å². The number of fused-ring (bicyclic) bond motifs is 1. The molecule has 1 aromatic carbocycles. The number of carbonyl (C=O) groups is 1. The van der Waals surface area contributed by atoms with Crippen molar-refractivity contribution in [2.45, 2.75) is 45.2 Å². The van der Waals surface area contributed by atoms with Crippen LogP contribution >= 0.6 is 0 Å². The first-order valence-electron chi connectivity index (χ1n) is 7.94. The molecule has 5 heteroatoms. The topological polar surface area (TPSA) is 64.0 Å². The van der Waals surface area contributed by atoms with Crippen LogP contribution in [0.25, 0.3) is 10.8 Å². The van der Waals surface area contributed by atoms with Crippen LogP contribution in [-0.4, -0.2) is 21.7 Å². The molecule has 1 aliphatic carbocycles. The molecular formula is C17H21N3O2. The monoisotopic (exact) mass is 299 g/mol. The molecule has 2 aromatic rings. The van der Waals surface area contributed by atoms with Crippen LogP contribution < -0.4 is 10.9 Å². The Balaban J connectivity index is 1.77. The summed E-state index contributed by atoms with van der Waals surface area (Å²) < 4.78 is 1.46. The first kappa shape index (κ1) is 14.8. The summed E-state index contributed by atoms with van der Waals surface area (Å²) in [6, 6.07) is 7.37. The minimum Gasteiger partial charge on any atom is -0.351 e. The van der Waals surface area contributed by atoms with Crippen molar-refractivity contribution in [3.05, 3.63) is 40.8 Å². The van der Waals surface area contributed by atoms with E-state index in [0.717, 1.165) is 31.1 Å². The Bertz CT molecular complexity index is 734. The van der Waals surface area contributed by atoms with Gasteiger partial charge in [0.2, 0.25) is 5.91 Å². The number of aromatic nitrogens is 2. The molecule has 0 spiro atoms. The van der Waals surface area contributed by atoms with Crippen molar-refractivity contribution in [2.24, 2.45) is 5.92 Å². The average molecular weight is 299 g/mol. The molecule has 1 aromatic heterocycles. The van der Waals surface area contributed by atoms with Crippen molar-refractivity contribution >= 4 is 16.7 Å². The van der Waals surface area contributed by atoms with E-state index in [4.69, 9.17) is 0 Å². The van der Waals surface area contributed by atoms with Crippen LogP contribution in [0.2, 0.25) is 0 Å². The van der Waals surface area contributed by atoms with Gasteiger partial charge in [-0.1, -0.05) is 31.5 Å². The number of hydrogen-bond acceptors (Lipinski definition) is 3. The highest BCUT2D eigenvalue weighted by Crippen LogP contribution is 2.26. The second kappa shape index (κ2) is 6.30. The van der Waals surface area contributed by atoms with E-state index in [-0.39, 0.29) is 23.4 Å². The van der Waals surface area contributed by atoms with Gasteiger partial charge >= 0.3 is 0 Å². The van der Waals surface area contributed by atoms with Crippen molar-refractivity contribution in [3.63, 3.8) is 0 Å². The third-order valence-electron chi connectivity index (χ3n) is 4.47. The van der Waals surface area contributed by atoms with Crippen LogP contribution in [0.3, 0.4) is 0 Å². The summed E-state index contributed by atoms with van der Waals surface area (Å²) in [5.41, 5.74) is -0.102. The van der Waals surface area contributed by atoms with Crippen molar-refractivity contribution in [3.8, 4) is 0 Å².